The summed E-state index contributed by atoms with van der Waals surface area (Å²) in [7, 11) is 3.03. The molecular weight excluding hydrogens is 232 g/mol. The molecule has 0 aromatic heterocycles. The van der Waals surface area contributed by atoms with Gasteiger partial charge in [-0.3, -0.25) is 4.74 Å². The molecule has 1 aliphatic carbocycles. The number of hydrogen-bond donors (Lipinski definition) is 0. The van der Waals surface area contributed by atoms with E-state index in [4.69, 9.17) is 14.2 Å². The molecule has 5 heteroatoms. The van der Waals surface area contributed by atoms with Crippen molar-refractivity contribution in [3.05, 3.63) is 0 Å². The molecule has 1 heterocycles. The van der Waals surface area contributed by atoms with Gasteiger partial charge >= 0.3 is 6.10 Å². The molecule has 0 unspecified atom stereocenters. The largest absolute Gasteiger partial charge is 0.414 e. The van der Waals surface area contributed by atoms with Crippen molar-refractivity contribution in [1.29, 1.82) is 0 Å². The van der Waals surface area contributed by atoms with Crippen molar-refractivity contribution >= 4 is 0 Å². The molecule has 0 N–H and O–H groups in total. The zero-order chi connectivity index (χ0) is 13.4. The van der Waals surface area contributed by atoms with Gasteiger partial charge in [0.15, 0.2) is 5.72 Å². The van der Waals surface area contributed by atoms with Crippen molar-refractivity contribution in [2.24, 2.45) is 21.6 Å². The molecule has 1 fully saturated rings. The summed E-state index contributed by atoms with van der Waals surface area (Å²) in [6.07, 6.45) is 2.65. The molecule has 5 nitrogen and oxygen atoms in total. The summed E-state index contributed by atoms with van der Waals surface area (Å²) in [6, 6.07) is 0. The number of ether oxygens (including phenoxy) is 3. The van der Waals surface area contributed by atoms with Crippen LogP contribution in [0.1, 0.15) is 46.5 Å². The van der Waals surface area contributed by atoms with Gasteiger partial charge < -0.3 is 9.47 Å². The average molecular weight is 256 g/mol. The molecule has 0 amide bonds. The second-order valence-electron chi connectivity index (χ2n) is 6.32. The maximum Gasteiger partial charge on any atom is 0.414 e. The molecule has 0 aromatic rings. The Hall–Kier alpha value is -0.520. The Labute approximate surface area is 109 Å². The molecular formula is C13H24N2O3. The predicted octanol–water partition coefficient (Wildman–Crippen LogP) is 3.31. The minimum absolute atomic E-state index is 0.344. The number of hydrogen-bond acceptors (Lipinski definition) is 5. The molecule has 1 saturated carbocycles. The highest BCUT2D eigenvalue weighted by molar-refractivity contribution is 4.91. The van der Waals surface area contributed by atoms with E-state index in [1.807, 2.05) is 0 Å². The topological polar surface area (TPSA) is 52.4 Å². The minimum Gasteiger partial charge on any atom is -0.310 e. The Bertz CT molecular complexity index is 324. The molecule has 0 radical (unpaired) electrons. The van der Waals surface area contributed by atoms with Gasteiger partial charge in [-0.2, -0.15) is 5.11 Å². The first-order valence-electron chi connectivity index (χ1n) is 6.59. The Kier molecular flexibility index (Phi) is 3.51. The molecule has 2 aliphatic rings. The van der Waals surface area contributed by atoms with E-state index in [-0.39, 0.29) is 0 Å². The number of methoxy groups -OCH3 is 2. The maximum atomic E-state index is 5.86. The monoisotopic (exact) mass is 256 g/mol. The smallest absolute Gasteiger partial charge is 0.310 e. The predicted molar refractivity (Wildman–Crippen MR) is 66.8 cm³/mol. The van der Waals surface area contributed by atoms with E-state index in [9.17, 15) is 0 Å². The summed E-state index contributed by atoms with van der Waals surface area (Å²) in [6.45, 7) is 6.88. The quantitative estimate of drug-likeness (QED) is 0.712. The van der Waals surface area contributed by atoms with Crippen LogP contribution in [-0.4, -0.2) is 26.0 Å². The number of rotatable bonds is 2. The Morgan fingerprint density at radius 1 is 1.06 bits per heavy atom. The molecule has 2 rings (SSSR count). The van der Waals surface area contributed by atoms with Gasteiger partial charge in [0.05, 0.1) is 0 Å². The van der Waals surface area contributed by atoms with Crippen LogP contribution in [0, 0.1) is 11.3 Å². The standard InChI is InChI=1S/C13H24N2O3/c1-11(2,3)10-6-8-12(9-7-10)14-15-13(16-4,17-5)18-12/h10H,6-9H2,1-5H3. The molecule has 18 heavy (non-hydrogen) atoms. The lowest BCUT2D eigenvalue weighted by Gasteiger charge is -2.40. The Morgan fingerprint density at radius 3 is 2.00 bits per heavy atom. The van der Waals surface area contributed by atoms with Gasteiger partial charge in [0.2, 0.25) is 0 Å². The molecule has 1 aliphatic heterocycles. The van der Waals surface area contributed by atoms with Gasteiger partial charge in [0, 0.05) is 14.2 Å². The van der Waals surface area contributed by atoms with Gasteiger partial charge in [0.1, 0.15) is 0 Å². The average Bonchev–Trinajstić information content (AvgIpc) is 2.69. The maximum absolute atomic E-state index is 5.86. The lowest BCUT2D eigenvalue weighted by atomic mass is 9.70. The summed E-state index contributed by atoms with van der Waals surface area (Å²) >= 11 is 0. The molecule has 104 valence electrons. The number of azo groups is 1. The van der Waals surface area contributed by atoms with Crippen LogP contribution in [0.2, 0.25) is 0 Å². The Morgan fingerprint density at radius 2 is 1.61 bits per heavy atom. The fourth-order valence-electron chi connectivity index (χ4n) is 2.82. The summed E-state index contributed by atoms with van der Waals surface area (Å²) in [5.41, 5.74) is -0.190. The van der Waals surface area contributed by atoms with Gasteiger partial charge in [-0.05, 0) is 37.0 Å². The zero-order valence-corrected chi connectivity index (χ0v) is 12.0. The second kappa shape index (κ2) is 4.54. The third-order valence-electron chi connectivity index (χ3n) is 4.18. The highest BCUT2D eigenvalue weighted by Crippen LogP contribution is 2.47. The Balaban J connectivity index is 2.01. The summed E-state index contributed by atoms with van der Waals surface area (Å²) in [4.78, 5) is 0. The highest BCUT2D eigenvalue weighted by atomic mass is 16.9. The van der Waals surface area contributed by atoms with Crippen LogP contribution >= 0.6 is 0 Å². The second-order valence-corrected chi connectivity index (χ2v) is 6.32. The van der Waals surface area contributed by atoms with Gasteiger partial charge in [0.25, 0.3) is 0 Å². The van der Waals surface area contributed by atoms with E-state index in [0.29, 0.717) is 11.3 Å². The van der Waals surface area contributed by atoms with Crippen LogP contribution in [0.15, 0.2) is 10.2 Å². The van der Waals surface area contributed by atoms with E-state index in [1.54, 1.807) is 0 Å². The minimum atomic E-state index is -1.32. The molecule has 0 bridgehead atoms. The molecule has 0 saturated heterocycles. The zero-order valence-electron chi connectivity index (χ0n) is 12.0. The van der Waals surface area contributed by atoms with Crippen LogP contribution in [0.5, 0.6) is 0 Å². The third-order valence-corrected chi connectivity index (χ3v) is 4.18. The first kappa shape index (κ1) is 13.9. The van der Waals surface area contributed by atoms with Crippen molar-refractivity contribution in [2.75, 3.05) is 14.2 Å². The normalized spacial score (nSPS) is 35.3. The lowest BCUT2D eigenvalue weighted by molar-refractivity contribution is -0.374. The first-order chi connectivity index (χ1) is 8.35. The molecule has 0 atom stereocenters. The third kappa shape index (κ3) is 2.44. The van der Waals surface area contributed by atoms with Crippen LogP contribution in [-0.2, 0) is 14.2 Å². The van der Waals surface area contributed by atoms with E-state index in [0.717, 1.165) is 25.7 Å². The summed E-state index contributed by atoms with van der Waals surface area (Å²) in [5, 5.41) is 8.32. The van der Waals surface area contributed by atoms with Crippen LogP contribution in [0.4, 0.5) is 0 Å². The molecule has 1 spiro atoms. The van der Waals surface area contributed by atoms with Crippen molar-refractivity contribution < 1.29 is 14.2 Å². The first-order valence-corrected chi connectivity index (χ1v) is 6.59. The van der Waals surface area contributed by atoms with Crippen molar-refractivity contribution in [3.63, 3.8) is 0 Å². The SMILES string of the molecule is COC1(OC)N=NC2(CCC(C(C)(C)C)CC2)O1. The van der Waals surface area contributed by atoms with Crippen LogP contribution in [0.25, 0.3) is 0 Å². The highest BCUT2D eigenvalue weighted by Gasteiger charge is 2.52. The van der Waals surface area contributed by atoms with E-state index in [2.05, 4.69) is 31.0 Å². The van der Waals surface area contributed by atoms with Crippen molar-refractivity contribution in [1.82, 2.24) is 0 Å². The van der Waals surface area contributed by atoms with E-state index in [1.165, 1.54) is 14.2 Å². The van der Waals surface area contributed by atoms with Gasteiger partial charge in [-0.25, -0.2) is 0 Å². The summed E-state index contributed by atoms with van der Waals surface area (Å²) < 4.78 is 16.2. The van der Waals surface area contributed by atoms with Crippen molar-refractivity contribution in [2.45, 2.75) is 58.3 Å². The summed E-state index contributed by atoms with van der Waals surface area (Å²) in [5.74, 6) is 0.710. The molecule has 0 aromatic carbocycles. The number of nitrogens with zero attached hydrogens (tertiary/aromatic N) is 2. The van der Waals surface area contributed by atoms with Crippen LogP contribution in [0.3, 0.4) is 0 Å². The van der Waals surface area contributed by atoms with Crippen molar-refractivity contribution in [3.8, 4) is 0 Å². The lowest BCUT2D eigenvalue weighted by Crippen LogP contribution is -2.43. The van der Waals surface area contributed by atoms with E-state index >= 15 is 0 Å². The van der Waals surface area contributed by atoms with Gasteiger partial charge in [-0.1, -0.05) is 25.9 Å². The van der Waals surface area contributed by atoms with Gasteiger partial charge in [-0.15, -0.1) is 0 Å². The fourth-order valence-corrected chi connectivity index (χ4v) is 2.82. The van der Waals surface area contributed by atoms with Crippen LogP contribution < -0.4 is 0 Å². The van der Waals surface area contributed by atoms with E-state index < -0.39 is 11.8 Å². The fraction of sp³-hybridized carbons (Fsp3) is 1.00.